The molecule has 9 heteroatoms. The van der Waals surface area contributed by atoms with Crippen molar-refractivity contribution in [1.29, 1.82) is 0 Å². The van der Waals surface area contributed by atoms with Crippen LogP contribution in [0.1, 0.15) is 22.3 Å². The molecule has 1 aliphatic heterocycles. The zero-order valence-electron chi connectivity index (χ0n) is 19.0. The van der Waals surface area contributed by atoms with Crippen LogP contribution in [-0.4, -0.2) is 17.3 Å². The Bertz CT molecular complexity index is 1380. The molecular formula is C26H20BrCl2NO3S2. The van der Waals surface area contributed by atoms with Crippen LogP contribution < -0.4 is 14.4 Å². The van der Waals surface area contributed by atoms with Gasteiger partial charge in [-0.15, -0.1) is 0 Å². The predicted molar refractivity (Wildman–Crippen MR) is 153 cm³/mol. The molecule has 1 amide bonds. The Hall–Kier alpha value is -2.03. The van der Waals surface area contributed by atoms with Gasteiger partial charge in [-0.2, -0.15) is 0 Å². The van der Waals surface area contributed by atoms with E-state index in [0.717, 1.165) is 27.9 Å². The van der Waals surface area contributed by atoms with Gasteiger partial charge in [-0.25, -0.2) is 0 Å². The van der Waals surface area contributed by atoms with Crippen molar-refractivity contribution in [2.75, 3.05) is 12.0 Å². The van der Waals surface area contributed by atoms with E-state index < -0.39 is 0 Å². The molecule has 0 bridgehead atoms. The standard InChI is InChI=1S/C26H20BrCl2NO3S2/c1-14-4-7-19(8-15(14)2)30-25(31)23(35-26(30)34)11-16-9-20(27)24(22(10-16)32-3)33-13-17-5-6-18(28)12-21(17)29/h4-12H,13H2,1-3H3/b23-11+. The number of nitrogens with zero attached hydrogens (tertiary/aromatic N) is 1. The second-order valence-electron chi connectivity index (χ2n) is 7.84. The van der Waals surface area contributed by atoms with E-state index in [2.05, 4.69) is 15.9 Å². The molecule has 1 aliphatic rings. The summed E-state index contributed by atoms with van der Waals surface area (Å²) >= 11 is 22.6. The smallest absolute Gasteiger partial charge is 0.270 e. The van der Waals surface area contributed by atoms with Crippen molar-refractivity contribution in [2.45, 2.75) is 20.5 Å². The second-order valence-corrected chi connectivity index (χ2v) is 11.2. The Morgan fingerprint density at radius 3 is 2.54 bits per heavy atom. The molecule has 4 rings (SSSR count). The first-order valence-corrected chi connectivity index (χ1v) is 13.2. The van der Waals surface area contributed by atoms with Crippen LogP contribution in [0.15, 0.2) is 57.9 Å². The maximum Gasteiger partial charge on any atom is 0.270 e. The highest BCUT2D eigenvalue weighted by Gasteiger charge is 2.33. The van der Waals surface area contributed by atoms with Crippen molar-refractivity contribution in [1.82, 2.24) is 0 Å². The average Bonchev–Trinajstić information content (AvgIpc) is 3.08. The molecule has 0 spiro atoms. The molecule has 180 valence electrons. The van der Waals surface area contributed by atoms with Crippen LogP contribution in [-0.2, 0) is 11.4 Å². The SMILES string of the molecule is COc1cc(/C=C2/SC(=S)N(c3ccc(C)c(C)c3)C2=O)cc(Br)c1OCc1ccc(Cl)cc1Cl. The molecule has 35 heavy (non-hydrogen) atoms. The minimum absolute atomic E-state index is 0.156. The van der Waals surface area contributed by atoms with Crippen LogP contribution in [0.3, 0.4) is 0 Å². The molecule has 0 unspecified atom stereocenters. The van der Waals surface area contributed by atoms with Crippen molar-refractivity contribution < 1.29 is 14.3 Å². The Morgan fingerprint density at radius 1 is 1.09 bits per heavy atom. The van der Waals surface area contributed by atoms with Crippen LogP contribution in [0, 0.1) is 13.8 Å². The molecule has 0 radical (unpaired) electrons. The summed E-state index contributed by atoms with van der Waals surface area (Å²) < 4.78 is 12.7. The third-order valence-corrected chi connectivity index (χ3v) is 7.96. The number of carbonyl (C=O) groups excluding carboxylic acids is 1. The number of thiocarbonyl (C=S) groups is 1. The second kappa shape index (κ2) is 10.9. The van der Waals surface area contributed by atoms with Gasteiger partial charge >= 0.3 is 0 Å². The maximum atomic E-state index is 13.2. The first kappa shape index (κ1) is 26.0. The molecule has 3 aromatic carbocycles. The summed E-state index contributed by atoms with van der Waals surface area (Å²) in [4.78, 5) is 15.3. The summed E-state index contributed by atoms with van der Waals surface area (Å²) in [7, 11) is 1.56. The number of hydrogen-bond acceptors (Lipinski definition) is 5. The van der Waals surface area contributed by atoms with Gasteiger partial charge in [0.25, 0.3) is 5.91 Å². The van der Waals surface area contributed by atoms with Gasteiger partial charge < -0.3 is 9.47 Å². The Kier molecular flexibility index (Phi) is 8.13. The lowest BCUT2D eigenvalue weighted by Gasteiger charge is -2.16. The number of halogens is 3. The lowest BCUT2D eigenvalue weighted by molar-refractivity contribution is -0.113. The van der Waals surface area contributed by atoms with Gasteiger partial charge in [0.05, 0.1) is 22.2 Å². The molecule has 1 fully saturated rings. The summed E-state index contributed by atoms with van der Waals surface area (Å²) in [6.45, 7) is 4.28. The number of methoxy groups -OCH3 is 1. The fourth-order valence-corrected chi connectivity index (χ4v) is 5.79. The van der Waals surface area contributed by atoms with E-state index in [-0.39, 0.29) is 12.5 Å². The number of ether oxygens (including phenoxy) is 2. The Morgan fingerprint density at radius 2 is 1.86 bits per heavy atom. The molecule has 0 N–H and O–H groups in total. The van der Waals surface area contributed by atoms with Crippen molar-refractivity contribution in [3.8, 4) is 11.5 Å². The highest BCUT2D eigenvalue weighted by molar-refractivity contribution is 9.10. The normalized spacial score (nSPS) is 14.7. The number of hydrogen-bond donors (Lipinski definition) is 0. The zero-order valence-corrected chi connectivity index (χ0v) is 23.8. The average molecular weight is 609 g/mol. The first-order chi connectivity index (χ1) is 16.7. The van der Waals surface area contributed by atoms with E-state index in [0.29, 0.717) is 35.2 Å². The van der Waals surface area contributed by atoms with Crippen molar-refractivity contribution in [3.63, 3.8) is 0 Å². The van der Waals surface area contributed by atoms with Crippen molar-refractivity contribution in [3.05, 3.63) is 90.2 Å². The molecule has 0 atom stereocenters. The van der Waals surface area contributed by atoms with Gasteiger partial charge in [0.1, 0.15) is 6.61 Å². The Balaban J connectivity index is 1.59. The number of anilines is 1. The third kappa shape index (κ3) is 5.70. The van der Waals surface area contributed by atoms with Crippen LogP contribution in [0.4, 0.5) is 5.69 Å². The first-order valence-electron chi connectivity index (χ1n) is 10.5. The number of amides is 1. The van der Waals surface area contributed by atoms with Gasteiger partial charge in [0.15, 0.2) is 15.8 Å². The number of benzene rings is 3. The lowest BCUT2D eigenvalue weighted by Crippen LogP contribution is -2.27. The highest BCUT2D eigenvalue weighted by atomic mass is 79.9. The predicted octanol–water partition coefficient (Wildman–Crippen LogP) is 8.37. The molecule has 3 aromatic rings. The van der Waals surface area contributed by atoms with E-state index in [1.165, 1.54) is 11.8 Å². The number of carbonyl (C=O) groups is 1. The molecule has 0 aliphatic carbocycles. The minimum atomic E-state index is -0.156. The van der Waals surface area contributed by atoms with E-state index in [9.17, 15) is 4.79 Å². The van der Waals surface area contributed by atoms with E-state index in [1.807, 2.05) is 50.2 Å². The minimum Gasteiger partial charge on any atom is -0.493 e. The quantitative estimate of drug-likeness (QED) is 0.208. The van der Waals surface area contributed by atoms with Crippen LogP contribution in [0.25, 0.3) is 6.08 Å². The summed E-state index contributed by atoms with van der Waals surface area (Å²) in [5, 5.41) is 1.08. The zero-order chi connectivity index (χ0) is 25.3. The van der Waals surface area contributed by atoms with E-state index in [4.69, 9.17) is 44.9 Å². The van der Waals surface area contributed by atoms with Crippen LogP contribution in [0.2, 0.25) is 10.0 Å². The van der Waals surface area contributed by atoms with Gasteiger partial charge in [-0.3, -0.25) is 9.69 Å². The number of aryl methyl sites for hydroxylation is 2. The van der Waals surface area contributed by atoms with Gasteiger partial charge in [-0.05, 0) is 88.9 Å². The fraction of sp³-hybridized carbons (Fsp3) is 0.154. The van der Waals surface area contributed by atoms with Gasteiger partial charge in [-0.1, -0.05) is 59.3 Å². The molecule has 0 aromatic heterocycles. The van der Waals surface area contributed by atoms with Crippen LogP contribution >= 0.6 is 63.1 Å². The summed E-state index contributed by atoms with van der Waals surface area (Å²) in [5.74, 6) is 0.884. The molecule has 4 nitrogen and oxygen atoms in total. The van der Waals surface area contributed by atoms with Gasteiger partial charge in [0, 0.05) is 15.6 Å². The molecule has 1 heterocycles. The van der Waals surface area contributed by atoms with Crippen molar-refractivity contribution >= 4 is 85.1 Å². The topological polar surface area (TPSA) is 38.8 Å². The largest absolute Gasteiger partial charge is 0.493 e. The Labute approximate surface area is 232 Å². The van der Waals surface area contributed by atoms with E-state index >= 15 is 0 Å². The van der Waals surface area contributed by atoms with Crippen molar-refractivity contribution in [2.24, 2.45) is 0 Å². The maximum absolute atomic E-state index is 13.2. The summed E-state index contributed by atoms with van der Waals surface area (Å²) in [5.41, 5.74) is 4.59. The summed E-state index contributed by atoms with van der Waals surface area (Å²) in [6.07, 6.45) is 1.80. The number of rotatable bonds is 6. The van der Waals surface area contributed by atoms with Gasteiger partial charge in [0.2, 0.25) is 0 Å². The molecule has 0 saturated carbocycles. The third-order valence-electron chi connectivity index (χ3n) is 5.48. The number of thioether (sulfide) groups is 1. The molecular weight excluding hydrogens is 589 g/mol. The molecule has 1 saturated heterocycles. The lowest BCUT2D eigenvalue weighted by atomic mass is 10.1. The highest BCUT2D eigenvalue weighted by Crippen LogP contribution is 2.41. The van der Waals surface area contributed by atoms with Crippen LogP contribution in [0.5, 0.6) is 11.5 Å². The summed E-state index contributed by atoms with van der Waals surface area (Å²) in [6, 6.07) is 14.8. The fourth-order valence-electron chi connectivity index (χ4n) is 3.46. The monoisotopic (exact) mass is 607 g/mol. The van der Waals surface area contributed by atoms with E-state index in [1.54, 1.807) is 30.2 Å².